The number of rotatable bonds is 5. The molecule has 1 amide bonds. The maximum Gasteiger partial charge on any atom is 0.339 e. The van der Waals surface area contributed by atoms with E-state index in [4.69, 9.17) is 4.74 Å². The van der Waals surface area contributed by atoms with Crippen molar-refractivity contribution in [3.05, 3.63) is 78.0 Å². The third-order valence-electron chi connectivity index (χ3n) is 4.58. The van der Waals surface area contributed by atoms with E-state index in [1.54, 1.807) is 30.3 Å². The largest absolute Gasteiger partial charge is 0.449 e. The number of aryl methyl sites for hydroxylation is 1. The number of esters is 1. The number of hydrogen-bond acceptors (Lipinski definition) is 5. The van der Waals surface area contributed by atoms with Crippen molar-refractivity contribution in [1.82, 2.24) is 15.0 Å². The van der Waals surface area contributed by atoms with Crippen LogP contribution in [0.2, 0.25) is 0 Å². The van der Waals surface area contributed by atoms with Crippen LogP contribution >= 0.6 is 0 Å². The van der Waals surface area contributed by atoms with E-state index in [0.717, 1.165) is 16.7 Å². The van der Waals surface area contributed by atoms with E-state index >= 15 is 0 Å². The number of pyridine rings is 1. The molecule has 4 aromatic rings. The van der Waals surface area contributed by atoms with Gasteiger partial charge in [-0.25, -0.2) is 14.8 Å². The number of H-pyrrole nitrogens is 1. The standard InChI is InChI=1S/C23H20N4O3/c1-14-8-7-13-20(24-14)27-22(28)15(2)30-23(29)17-10-4-3-9-16(17)21-25-18-11-5-6-12-19(18)26-21/h3-13,15H,1-2H3,(H,25,26)(H,24,27,28). The van der Waals surface area contributed by atoms with Gasteiger partial charge in [-0.05, 0) is 44.2 Å². The second kappa shape index (κ2) is 8.16. The molecular formula is C23H20N4O3. The fourth-order valence-electron chi connectivity index (χ4n) is 3.07. The molecule has 2 aromatic carbocycles. The second-order valence-electron chi connectivity index (χ2n) is 6.85. The molecule has 1 unspecified atom stereocenters. The van der Waals surface area contributed by atoms with Crippen LogP contribution in [0.15, 0.2) is 66.7 Å². The van der Waals surface area contributed by atoms with Crippen molar-refractivity contribution < 1.29 is 14.3 Å². The van der Waals surface area contributed by atoms with Gasteiger partial charge in [0.1, 0.15) is 11.6 Å². The van der Waals surface area contributed by atoms with E-state index in [9.17, 15) is 9.59 Å². The van der Waals surface area contributed by atoms with Crippen LogP contribution in [0.3, 0.4) is 0 Å². The lowest BCUT2D eigenvalue weighted by atomic mass is 10.1. The van der Waals surface area contributed by atoms with Gasteiger partial charge in [-0.2, -0.15) is 0 Å². The number of nitrogens with zero attached hydrogens (tertiary/aromatic N) is 2. The minimum Gasteiger partial charge on any atom is -0.449 e. The van der Waals surface area contributed by atoms with Crippen LogP contribution in [0.1, 0.15) is 23.0 Å². The van der Waals surface area contributed by atoms with E-state index in [0.29, 0.717) is 22.8 Å². The minimum absolute atomic E-state index is 0.324. The summed E-state index contributed by atoms with van der Waals surface area (Å²) in [6, 6.07) is 19.9. The lowest BCUT2D eigenvalue weighted by molar-refractivity contribution is -0.123. The van der Waals surface area contributed by atoms with Gasteiger partial charge < -0.3 is 15.0 Å². The first-order valence-corrected chi connectivity index (χ1v) is 9.51. The number of imidazole rings is 1. The SMILES string of the molecule is Cc1cccc(NC(=O)C(C)OC(=O)c2ccccc2-c2nc3ccccc3[nH]2)n1. The Morgan fingerprint density at radius 3 is 2.53 bits per heavy atom. The highest BCUT2D eigenvalue weighted by atomic mass is 16.5. The number of benzene rings is 2. The molecule has 0 radical (unpaired) electrons. The van der Waals surface area contributed by atoms with Gasteiger partial charge in [-0.1, -0.05) is 36.4 Å². The molecule has 0 aliphatic heterocycles. The topological polar surface area (TPSA) is 97.0 Å². The molecule has 0 saturated heterocycles. The smallest absolute Gasteiger partial charge is 0.339 e. The van der Waals surface area contributed by atoms with Gasteiger partial charge >= 0.3 is 5.97 Å². The first-order chi connectivity index (χ1) is 14.5. The Kier molecular flexibility index (Phi) is 5.26. The van der Waals surface area contributed by atoms with Crippen molar-refractivity contribution in [2.24, 2.45) is 0 Å². The zero-order valence-corrected chi connectivity index (χ0v) is 16.5. The van der Waals surface area contributed by atoms with Gasteiger partial charge in [0.05, 0.1) is 16.6 Å². The van der Waals surface area contributed by atoms with Crippen LogP contribution in [0.25, 0.3) is 22.4 Å². The summed E-state index contributed by atoms with van der Waals surface area (Å²) in [5.41, 5.74) is 3.37. The predicted molar refractivity (Wildman–Crippen MR) is 114 cm³/mol. The van der Waals surface area contributed by atoms with Crippen LogP contribution in [-0.2, 0) is 9.53 Å². The molecular weight excluding hydrogens is 380 g/mol. The molecule has 0 aliphatic carbocycles. The van der Waals surface area contributed by atoms with Crippen molar-refractivity contribution in [1.29, 1.82) is 0 Å². The number of amides is 1. The Balaban J connectivity index is 1.53. The van der Waals surface area contributed by atoms with Gasteiger partial charge in [-0.15, -0.1) is 0 Å². The third-order valence-corrected chi connectivity index (χ3v) is 4.58. The number of aromatic amines is 1. The highest BCUT2D eigenvalue weighted by Crippen LogP contribution is 2.24. The summed E-state index contributed by atoms with van der Waals surface area (Å²) in [5.74, 6) is -0.0936. The highest BCUT2D eigenvalue weighted by Gasteiger charge is 2.22. The highest BCUT2D eigenvalue weighted by molar-refractivity contribution is 6.00. The summed E-state index contributed by atoms with van der Waals surface area (Å²) in [5, 5.41) is 2.66. The van der Waals surface area contributed by atoms with Crippen LogP contribution < -0.4 is 5.32 Å². The summed E-state index contributed by atoms with van der Waals surface area (Å²) < 4.78 is 5.42. The molecule has 7 nitrogen and oxygen atoms in total. The molecule has 150 valence electrons. The van der Waals surface area contributed by atoms with Gasteiger partial charge in [0.2, 0.25) is 0 Å². The average molecular weight is 400 g/mol. The van der Waals surface area contributed by atoms with Crippen LogP contribution in [0.5, 0.6) is 0 Å². The van der Waals surface area contributed by atoms with Gasteiger partial charge in [0.25, 0.3) is 5.91 Å². The monoisotopic (exact) mass is 400 g/mol. The molecule has 30 heavy (non-hydrogen) atoms. The Labute approximate surface area is 173 Å². The zero-order valence-electron chi connectivity index (χ0n) is 16.5. The molecule has 2 aromatic heterocycles. The number of anilines is 1. The maximum atomic E-state index is 12.8. The molecule has 0 spiro atoms. The van der Waals surface area contributed by atoms with Gasteiger partial charge in [0.15, 0.2) is 6.10 Å². The zero-order chi connectivity index (χ0) is 21.1. The lowest BCUT2D eigenvalue weighted by Gasteiger charge is -2.14. The fraction of sp³-hybridized carbons (Fsp3) is 0.130. The molecule has 0 bridgehead atoms. The van der Waals surface area contributed by atoms with E-state index < -0.39 is 18.0 Å². The van der Waals surface area contributed by atoms with Crippen LogP contribution in [0, 0.1) is 6.92 Å². The molecule has 1 atom stereocenters. The number of ether oxygens (including phenoxy) is 1. The molecule has 0 fully saturated rings. The number of carbonyl (C=O) groups is 2. The number of fused-ring (bicyclic) bond motifs is 1. The molecule has 0 saturated carbocycles. The summed E-state index contributed by atoms with van der Waals surface area (Å²) >= 11 is 0. The van der Waals surface area contributed by atoms with Crippen LogP contribution in [-0.4, -0.2) is 32.9 Å². The third kappa shape index (κ3) is 4.05. The molecule has 0 aliphatic rings. The first kappa shape index (κ1) is 19.3. The number of nitrogens with one attached hydrogen (secondary N) is 2. The number of carbonyl (C=O) groups excluding carboxylic acids is 2. The quantitative estimate of drug-likeness (QED) is 0.491. The minimum atomic E-state index is -0.997. The number of para-hydroxylation sites is 2. The van der Waals surface area contributed by atoms with Crippen molar-refractivity contribution in [2.45, 2.75) is 20.0 Å². The summed E-state index contributed by atoms with van der Waals surface area (Å²) in [4.78, 5) is 37.2. The van der Waals surface area contributed by atoms with Crippen molar-refractivity contribution >= 4 is 28.7 Å². The predicted octanol–water partition coefficient (Wildman–Crippen LogP) is 4.12. The number of aromatic nitrogens is 3. The van der Waals surface area contributed by atoms with Crippen LogP contribution in [0.4, 0.5) is 5.82 Å². The van der Waals surface area contributed by atoms with E-state index in [1.165, 1.54) is 6.92 Å². The molecule has 2 heterocycles. The normalized spacial score (nSPS) is 11.8. The Morgan fingerprint density at radius 1 is 0.967 bits per heavy atom. The van der Waals surface area contributed by atoms with E-state index in [1.807, 2.05) is 43.3 Å². The summed E-state index contributed by atoms with van der Waals surface area (Å²) in [6.45, 7) is 3.35. The van der Waals surface area contributed by atoms with Gasteiger partial charge in [0, 0.05) is 11.3 Å². The average Bonchev–Trinajstić information content (AvgIpc) is 3.18. The molecule has 2 N–H and O–H groups in total. The Hall–Kier alpha value is -4.00. The van der Waals surface area contributed by atoms with Gasteiger partial charge in [-0.3, -0.25) is 4.79 Å². The van der Waals surface area contributed by atoms with Crippen molar-refractivity contribution in [2.75, 3.05) is 5.32 Å². The lowest BCUT2D eigenvalue weighted by Crippen LogP contribution is -2.30. The molecule has 4 rings (SSSR count). The summed E-state index contributed by atoms with van der Waals surface area (Å²) in [6.07, 6.45) is -0.997. The first-order valence-electron chi connectivity index (χ1n) is 9.51. The molecule has 7 heteroatoms. The Bertz CT molecular complexity index is 1200. The van der Waals surface area contributed by atoms with E-state index in [-0.39, 0.29) is 0 Å². The van der Waals surface area contributed by atoms with Crippen molar-refractivity contribution in [3.8, 4) is 11.4 Å². The Morgan fingerprint density at radius 2 is 1.73 bits per heavy atom. The van der Waals surface area contributed by atoms with E-state index in [2.05, 4.69) is 20.3 Å². The maximum absolute atomic E-state index is 12.8. The summed E-state index contributed by atoms with van der Waals surface area (Å²) in [7, 11) is 0. The number of hydrogen-bond donors (Lipinski definition) is 2. The fourth-order valence-corrected chi connectivity index (χ4v) is 3.07. The second-order valence-corrected chi connectivity index (χ2v) is 6.85. The van der Waals surface area contributed by atoms with Crippen molar-refractivity contribution in [3.63, 3.8) is 0 Å².